The van der Waals surface area contributed by atoms with E-state index in [1.54, 1.807) is 0 Å². The maximum absolute atomic E-state index is 2.54. The molecule has 94 valence electrons. The molecule has 0 unspecified atom stereocenters. The quantitative estimate of drug-likeness (QED) is 0.747. The molecular weight excluding hydrogens is 218 g/mol. The number of fused-ring (bicyclic) bond motifs is 1. The van der Waals surface area contributed by atoms with Gasteiger partial charge in [0.05, 0.1) is 0 Å². The lowest BCUT2D eigenvalue weighted by Crippen LogP contribution is -2.33. The standard InChI is InChI=1S/C17H21N/c1-2-14-9-11-18(12-10-14)17-8-7-15-5-3-4-6-16(15)13-17/h3-8,13-14H,2,9-12H2,1H3. The first kappa shape index (κ1) is 11.6. The highest BCUT2D eigenvalue weighted by Crippen LogP contribution is 2.27. The Morgan fingerprint density at radius 3 is 2.44 bits per heavy atom. The molecule has 1 saturated heterocycles. The summed E-state index contributed by atoms with van der Waals surface area (Å²) in [4.78, 5) is 2.54. The van der Waals surface area contributed by atoms with Crippen molar-refractivity contribution < 1.29 is 0 Å². The van der Waals surface area contributed by atoms with Crippen molar-refractivity contribution >= 4 is 16.5 Å². The van der Waals surface area contributed by atoms with Crippen molar-refractivity contribution in [3.05, 3.63) is 42.5 Å². The Morgan fingerprint density at radius 1 is 1.00 bits per heavy atom. The van der Waals surface area contributed by atoms with Gasteiger partial charge in [-0.05, 0) is 41.7 Å². The molecule has 0 aliphatic carbocycles. The number of benzene rings is 2. The lowest BCUT2D eigenvalue weighted by Gasteiger charge is -2.33. The van der Waals surface area contributed by atoms with Gasteiger partial charge in [0.2, 0.25) is 0 Å². The highest BCUT2D eigenvalue weighted by atomic mass is 15.1. The molecule has 1 heterocycles. The summed E-state index contributed by atoms with van der Waals surface area (Å²) >= 11 is 0. The van der Waals surface area contributed by atoms with Crippen LogP contribution < -0.4 is 4.90 Å². The highest BCUT2D eigenvalue weighted by molar-refractivity contribution is 5.85. The van der Waals surface area contributed by atoms with Crippen molar-refractivity contribution in [1.82, 2.24) is 0 Å². The minimum Gasteiger partial charge on any atom is -0.371 e. The van der Waals surface area contributed by atoms with E-state index in [0.29, 0.717) is 0 Å². The fourth-order valence-corrected chi connectivity index (χ4v) is 2.97. The van der Waals surface area contributed by atoms with E-state index in [2.05, 4.69) is 54.3 Å². The lowest BCUT2D eigenvalue weighted by molar-refractivity contribution is 0.395. The molecule has 0 amide bonds. The summed E-state index contributed by atoms with van der Waals surface area (Å²) < 4.78 is 0. The molecule has 2 aromatic carbocycles. The topological polar surface area (TPSA) is 3.24 Å². The first-order valence-corrected chi connectivity index (χ1v) is 7.10. The molecule has 1 nitrogen and oxygen atoms in total. The van der Waals surface area contributed by atoms with Crippen molar-refractivity contribution in [3.63, 3.8) is 0 Å². The van der Waals surface area contributed by atoms with E-state index >= 15 is 0 Å². The summed E-state index contributed by atoms with van der Waals surface area (Å²) in [5, 5.41) is 2.69. The van der Waals surface area contributed by atoms with Crippen LogP contribution in [0.5, 0.6) is 0 Å². The Morgan fingerprint density at radius 2 is 1.72 bits per heavy atom. The predicted octanol–water partition coefficient (Wildman–Crippen LogP) is 4.47. The van der Waals surface area contributed by atoms with E-state index in [1.165, 1.54) is 48.8 Å². The Balaban J connectivity index is 1.82. The van der Waals surface area contributed by atoms with Crippen LogP contribution in [-0.4, -0.2) is 13.1 Å². The van der Waals surface area contributed by atoms with Crippen LogP contribution in [0, 0.1) is 5.92 Å². The number of anilines is 1. The molecule has 1 heteroatoms. The molecule has 2 aromatic rings. The van der Waals surface area contributed by atoms with Gasteiger partial charge < -0.3 is 4.90 Å². The molecule has 0 aromatic heterocycles. The zero-order valence-electron chi connectivity index (χ0n) is 11.1. The van der Waals surface area contributed by atoms with Crippen LogP contribution in [0.1, 0.15) is 26.2 Å². The molecule has 0 bridgehead atoms. The largest absolute Gasteiger partial charge is 0.371 e. The summed E-state index contributed by atoms with van der Waals surface area (Å²) in [5.74, 6) is 0.946. The molecule has 0 radical (unpaired) electrons. The first-order valence-electron chi connectivity index (χ1n) is 7.10. The zero-order valence-corrected chi connectivity index (χ0v) is 11.1. The third-order valence-electron chi connectivity index (χ3n) is 4.29. The second-order valence-electron chi connectivity index (χ2n) is 5.37. The summed E-state index contributed by atoms with van der Waals surface area (Å²) in [6.45, 7) is 4.75. The number of piperidine rings is 1. The molecule has 0 N–H and O–H groups in total. The predicted molar refractivity (Wildman–Crippen MR) is 79.2 cm³/mol. The van der Waals surface area contributed by atoms with Crippen molar-refractivity contribution in [2.45, 2.75) is 26.2 Å². The summed E-state index contributed by atoms with van der Waals surface area (Å²) in [6.07, 6.45) is 4.04. The fourth-order valence-electron chi connectivity index (χ4n) is 2.97. The molecule has 0 spiro atoms. The molecule has 18 heavy (non-hydrogen) atoms. The van der Waals surface area contributed by atoms with Gasteiger partial charge in [0.25, 0.3) is 0 Å². The first-order chi connectivity index (χ1) is 8.86. The van der Waals surface area contributed by atoms with E-state index in [-0.39, 0.29) is 0 Å². The molecule has 3 rings (SSSR count). The van der Waals surface area contributed by atoms with Gasteiger partial charge in [-0.1, -0.05) is 43.7 Å². The minimum atomic E-state index is 0.946. The van der Waals surface area contributed by atoms with Crippen LogP contribution in [0.25, 0.3) is 10.8 Å². The average Bonchev–Trinajstić information content (AvgIpc) is 2.47. The van der Waals surface area contributed by atoms with Gasteiger partial charge in [-0.15, -0.1) is 0 Å². The van der Waals surface area contributed by atoms with E-state index in [4.69, 9.17) is 0 Å². The average molecular weight is 239 g/mol. The fraction of sp³-hybridized carbons (Fsp3) is 0.412. The van der Waals surface area contributed by atoms with Crippen molar-refractivity contribution in [2.75, 3.05) is 18.0 Å². The number of nitrogens with zero attached hydrogens (tertiary/aromatic N) is 1. The van der Waals surface area contributed by atoms with Crippen molar-refractivity contribution in [1.29, 1.82) is 0 Å². The Labute approximate surface area is 109 Å². The normalized spacial score (nSPS) is 17.3. The van der Waals surface area contributed by atoms with E-state index in [0.717, 1.165) is 5.92 Å². The molecule has 0 atom stereocenters. The Kier molecular flexibility index (Phi) is 3.22. The van der Waals surface area contributed by atoms with E-state index < -0.39 is 0 Å². The SMILES string of the molecule is CCC1CCN(c2ccc3ccccc3c2)CC1. The van der Waals surface area contributed by atoms with Gasteiger partial charge in [0.1, 0.15) is 0 Å². The van der Waals surface area contributed by atoms with Gasteiger partial charge >= 0.3 is 0 Å². The van der Waals surface area contributed by atoms with Gasteiger partial charge in [0, 0.05) is 18.8 Å². The third-order valence-corrected chi connectivity index (χ3v) is 4.29. The van der Waals surface area contributed by atoms with Crippen LogP contribution in [0.4, 0.5) is 5.69 Å². The minimum absolute atomic E-state index is 0.946. The summed E-state index contributed by atoms with van der Waals surface area (Å²) in [5.41, 5.74) is 1.39. The third kappa shape index (κ3) is 2.22. The summed E-state index contributed by atoms with van der Waals surface area (Å²) in [6, 6.07) is 15.5. The van der Waals surface area contributed by atoms with E-state index in [1.807, 2.05) is 0 Å². The van der Waals surface area contributed by atoms with Gasteiger partial charge in [-0.25, -0.2) is 0 Å². The monoisotopic (exact) mass is 239 g/mol. The van der Waals surface area contributed by atoms with Crippen LogP contribution in [-0.2, 0) is 0 Å². The molecular formula is C17H21N. The van der Waals surface area contributed by atoms with E-state index in [9.17, 15) is 0 Å². The second-order valence-corrected chi connectivity index (χ2v) is 5.37. The highest BCUT2D eigenvalue weighted by Gasteiger charge is 2.17. The van der Waals surface area contributed by atoms with Gasteiger partial charge in [-0.3, -0.25) is 0 Å². The van der Waals surface area contributed by atoms with Crippen LogP contribution in [0.2, 0.25) is 0 Å². The molecule has 1 aliphatic heterocycles. The number of hydrogen-bond acceptors (Lipinski definition) is 1. The molecule has 1 fully saturated rings. The molecule has 1 aliphatic rings. The second kappa shape index (κ2) is 5.01. The summed E-state index contributed by atoms with van der Waals surface area (Å²) in [7, 11) is 0. The van der Waals surface area contributed by atoms with Crippen LogP contribution >= 0.6 is 0 Å². The lowest BCUT2D eigenvalue weighted by atomic mass is 9.94. The smallest absolute Gasteiger partial charge is 0.0372 e. The Hall–Kier alpha value is -1.50. The maximum Gasteiger partial charge on any atom is 0.0372 e. The maximum atomic E-state index is 2.54. The zero-order chi connectivity index (χ0) is 12.4. The number of hydrogen-bond donors (Lipinski definition) is 0. The number of rotatable bonds is 2. The van der Waals surface area contributed by atoms with Crippen molar-refractivity contribution in [3.8, 4) is 0 Å². The van der Waals surface area contributed by atoms with Crippen molar-refractivity contribution in [2.24, 2.45) is 5.92 Å². The molecule has 0 saturated carbocycles. The van der Waals surface area contributed by atoms with Gasteiger partial charge in [0.15, 0.2) is 0 Å². The van der Waals surface area contributed by atoms with Gasteiger partial charge in [-0.2, -0.15) is 0 Å². The Bertz CT molecular complexity index is 524. The van der Waals surface area contributed by atoms with Crippen LogP contribution in [0.3, 0.4) is 0 Å². The van der Waals surface area contributed by atoms with Crippen LogP contribution in [0.15, 0.2) is 42.5 Å².